The summed E-state index contributed by atoms with van der Waals surface area (Å²) in [6, 6.07) is 7.83. The summed E-state index contributed by atoms with van der Waals surface area (Å²) in [5.41, 5.74) is 1.47. The van der Waals surface area contributed by atoms with Crippen LogP contribution in [-0.4, -0.2) is 35.2 Å². The largest absolute Gasteiger partial charge is 0.390 e. The van der Waals surface area contributed by atoms with Gasteiger partial charge in [0.05, 0.1) is 5.60 Å². The van der Waals surface area contributed by atoms with Gasteiger partial charge in [0.15, 0.2) is 0 Å². The molecule has 0 heterocycles. The fourth-order valence-corrected chi connectivity index (χ4v) is 2.95. The molecule has 1 aromatic carbocycles. The molecule has 0 aliphatic heterocycles. The van der Waals surface area contributed by atoms with Gasteiger partial charge < -0.3 is 15.3 Å². The van der Waals surface area contributed by atoms with Crippen molar-refractivity contribution in [3.8, 4) is 0 Å². The second kappa shape index (κ2) is 7.14. The van der Waals surface area contributed by atoms with E-state index in [1.165, 1.54) is 5.56 Å². The van der Waals surface area contributed by atoms with E-state index in [0.29, 0.717) is 18.9 Å². The zero-order valence-corrected chi connectivity index (χ0v) is 13.9. The molecule has 0 spiro atoms. The highest BCUT2D eigenvalue weighted by Gasteiger charge is 2.31. The molecule has 1 aliphatic carbocycles. The minimum atomic E-state index is -0.563. The van der Waals surface area contributed by atoms with Crippen LogP contribution in [0.5, 0.6) is 0 Å². The van der Waals surface area contributed by atoms with Crippen molar-refractivity contribution in [1.29, 1.82) is 0 Å². The molecule has 122 valence electrons. The van der Waals surface area contributed by atoms with Crippen LogP contribution in [-0.2, 0) is 0 Å². The number of carbonyl (C=O) groups is 1. The first-order valence-electron chi connectivity index (χ1n) is 8.24. The van der Waals surface area contributed by atoms with Crippen molar-refractivity contribution >= 4 is 11.7 Å². The van der Waals surface area contributed by atoms with Crippen LogP contribution in [0, 0.1) is 0 Å². The predicted octanol–water partition coefficient (Wildman–Crippen LogP) is 3.97. The second-order valence-corrected chi connectivity index (χ2v) is 6.81. The maximum atomic E-state index is 12.2. The lowest BCUT2D eigenvalue weighted by Crippen LogP contribution is -2.36. The molecule has 0 saturated heterocycles. The maximum absolute atomic E-state index is 12.2. The molecule has 2 N–H and O–H groups in total. The van der Waals surface area contributed by atoms with E-state index in [0.717, 1.165) is 31.4 Å². The van der Waals surface area contributed by atoms with Crippen LogP contribution in [0.25, 0.3) is 0 Å². The highest BCUT2D eigenvalue weighted by Crippen LogP contribution is 2.32. The van der Waals surface area contributed by atoms with Gasteiger partial charge in [-0.1, -0.05) is 38.8 Å². The van der Waals surface area contributed by atoms with E-state index in [2.05, 4.69) is 25.2 Å². The quantitative estimate of drug-likeness (QED) is 0.865. The minimum absolute atomic E-state index is 0.123. The third kappa shape index (κ3) is 4.47. The summed E-state index contributed by atoms with van der Waals surface area (Å²) in [6.45, 7) is 4.84. The van der Waals surface area contributed by atoms with E-state index in [1.807, 2.05) is 18.2 Å². The third-order valence-electron chi connectivity index (χ3n) is 4.60. The van der Waals surface area contributed by atoms with E-state index in [4.69, 9.17) is 0 Å². The van der Waals surface area contributed by atoms with Gasteiger partial charge in [-0.05, 0) is 42.9 Å². The lowest BCUT2D eigenvalue weighted by atomic mass is 9.98. The van der Waals surface area contributed by atoms with Gasteiger partial charge in [-0.2, -0.15) is 0 Å². The molecule has 1 fully saturated rings. The predicted molar refractivity (Wildman–Crippen MR) is 90.2 cm³/mol. The summed E-state index contributed by atoms with van der Waals surface area (Å²) in [6.07, 6.45) is 4.56. The molecule has 4 nitrogen and oxygen atoms in total. The van der Waals surface area contributed by atoms with Gasteiger partial charge in [0.2, 0.25) is 0 Å². The number of benzene rings is 1. The summed E-state index contributed by atoms with van der Waals surface area (Å²) in [5, 5.41) is 13.3. The normalized spacial score (nSPS) is 16.8. The molecule has 0 radical (unpaired) electrons. The molecule has 1 aliphatic rings. The van der Waals surface area contributed by atoms with Gasteiger partial charge in [0, 0.05) is 19.3 Å². The maximum Gasteiger partial charge on any atom is 0.321 e. The van der Waals surface area contributed by atoms with Gasteiger partial charge in [0.1, 0.15) is 0 Å². The van der Waals surface area contributed by atoms with Gasteiger partial charge in [-0.15, -0.1) is 0 Å². The highest BCUT2D eigenvalue weighted by atomic mass is 16.3. The molecule has 0 aromatic heterocycles. The van der Waals surface area contributed by atoms with E-state index < -0.39 is 5.60 Å². The van der Waals surface area contributed by atoms with Crippen LogP contribution < -0.4 is 5.32 Å². The summed E-state index contributed by atoms with van der Waals surface area (Å²) < 4.78 is 0. The van der Waals surface area contributed by atoms with E-state index in [1.54, 1.807) is 11.9 Å². The van der Waals surface area contributed by atoms with Gasteiger partial charge >= 0.3 is 6.03 Å². The molecular formula is C18H28N2O2. The van der Waals surface area contributed by atoms with Crippen molar-refractivity contribution in [2.45, 2.75) is 57.5 Å². The van der Waals surface area contributed by atoms with Crippen molar-refractivity contribution in [2.24, 2.45) is 0 Å². The first kappa shape index (κ1) is 16.8. The highest BCUT2D eigenvalue weighted by molar-refractivity contribution is 5.89. The van der Waals surface area contributed by atoms with Gasteiger partial charge in [-0.3, -0.25) is 0 Å². The molecule has 2 amide bonds. The Morgan fingerprint density at radius 2 is 2.05 bits per heavy atom. The molecule has 22 heavy (non-hydrogen) atoms. The molecular weight excluding hydrogens is 276 g/mol. The number of nitrogens with zero attached hydrogens (tertiary/aromatic N) is 1. The Morgan fingerprint density at radius 3 is 2.68 bits per heavy atom. The number of anilines is 1. The Morgan fingerprint density at radius 1 is 1.36 bits per heavy atom. The van der Waals surface area contributed by atoms with Crippen molar-refractivity contribution in [1.82, 2.24) is 4.90 Å². The van der Waals surface area contributed by atoms with Crippen LogP contribution in [0.1, 0.15) is 57.4 Å². The number of hydrogen-bond acceptors (Lipinski definition) is 2. The molecule has 2 rings (SSSR count). The Kier molecular flexibility index (Phi) is 5.46. The standard InChI is InChI=1S/C18H28N2O2/c1-14(2)15-7-6-8-16(13-15)19-17(21)20(3)12-11-18(22)9-4-5-10-18/h6-8,13-14,22H,4-5,9-12H2,1-3H3,(H,19,21). The number of rotatable bonds is 5. The zero-order chi connectivity index (χ0) is 16.2. The van der Waals surface area contributed by atoms with Crippen LogP contribution in [0.15, 0.2) is 24.3 Å². The smallest absolute Gasteiger partial charge is 0.321 e. The fraction of sp³-hybridized carbons (Fsp3) is 0.611. The first-order chi connectivity index (χ1) is 10.4. The average molecular weight is 304 g/mol. The number of carbonyl (C=O) groups excluding carboxylic acids is 1. The average Bonchev–Trinajstić information content (AvgIpc) is 2.92. The van der Waals surface area contributed by atoms with Gasteiger partial charge in [0.25, 0.3) is 0 Å². The van der Waals surface area contributed by atoms with E-state index in [-0.39, 0.29) is 6.03 Å². The Labute approximate surface area is 133 Å². The Balaban J connectivity index is 1.87. The number of nitrogens with one attached hydrogen (secondary N) is 1. The van der Waals surface area contributed by atoms with Gasteiger partial charge in [-0.25, -0.2) is 4.79 Å². The Bertz CT molecular complexity index is 508. The minimum Gasteiger partial charge on any atom is -0.390 e. The molecule has 0 atom stereocenters. The number of amides is 2. The summed E-state index contributed by atoms with van der Waals surface area (Å²) in [5.74, 6) is 0.436. The SMILES string of the molecule is CC(C)c1cccc(NC(=O)N(C)CCC2(O)CCCC2)c1. The van der Waals surface area contributed by atoms with Crippen LogP contribution in [0.2, 0.25) is 0 Å². The lowest BCUT2D eigenvalue weighted by molar-refractivity contribution is 0.0335. The monoisotopic (exact) mass is 304 g/mol. The third-order valence-corrected chi connectivity index (χ3v) is 4.60. The van der Waals surface area contributed by atoms with Crippen molar-refractivity contribution in [3.63, 3.8) is 0 Å². The van der Waals surface area contributed by atoms with Crippen molar-refractivity contribution in [2.75, 3.05) is 18.9 Å². The molecule has 1 aromatic rings. The topological polar surface area (TPSA) is 52.6 Å². The fourth-order valence-electron chi connectivity index (χ4n) is 2.95. The second-order valence-electron chi connectivity index (χ2n) is 6.81. The van der Waals surface area contributed by atoms with Crippen LogP contribution >= 0.6 is 0 Å². The molecule has 1 saturated carbocycles. The number of aliphatic hydroxyl groups is 1. The van der Waals surface area contributed by atoms with Crippen LogP contribution in [0.3, 0.4) is 0 Å². The molecule has 0 unspecified atom stereocenters. The summed E-state index contributed by atoms with van der Waals surface area (Å²) in [7, 11) is 1.78. The number of urea groups is 1. The van der Waals surface area contributed by atoms with E-state index >= 15 is 0 Å². The summed E-state index contributed by atoms with van der Waals surface area (Å²) in [4.78, 5) is 13.9. The summed E-state index contributed by atoms with van der Waals surface area (Å²) >= 11 is 0. The Hall–Kier alpha value is -1.55. The van der Waals surface area contributed by atoms with Crippen molar-refractivity contribution in [3.05, 3.63) is 29.8 Å². The zero-order valence-electron chi connectivity index (χ0n) is 13.9. The van der Waals surface area contributed by atoms with E-state index in [9.17, 15) is 9.90 Å². The molecule has 4 heteroatoms. The molecule has 0 bridgehead atoms. The van der Waals surface area contributed by atoms with Crippen molar-refractivity contribution < 1.29 is 9.90 Å². The number of hydrogen-bond donors (Lipinski definition) is 2. The lowest BCUT2D eigenvalue weighted by Gasteiger charge is -2.26. The first-order valence-corrected chi connectivity index (χ1v) is 8.24. The van der Waals surface area contributed by atoms with Crippen LogP contribution in [0.4, 0.5) is 10.5 Å².